The second-order valence-corrected chi connectivity index (χ2v) is 5.96. The van der Waals surface area contributed by atoms with Crippen molar-refractivity contribution in [1.82, 2.24) is 19.6 Å². The molecule has 0 aliphatic heterocycles. The minimum atomic E-state index is -0.338. The molecule has 3 rings (SSSR count). The summed E-state index contributed by atoms with van der Waals surface area (Å²) in [6.07, 6.45) is 3.22. The first-order valence-electron chi connectivity index (χ1n) is 7.79. The second-order valence-electron chi connectivity index (χ2n) is 5.55. The third kappa shape index (κ3) is 3.71. The van der Waals surface area contributed by atoms with Crippen LogP contribution in [0.5, 0.6) is 0 Å². The Kier molecular flexibility index (Phi) is 4.85. The second kappa shape index (κ2) is 7.06. The smallest absolute Gasteiger partial charge is 0.260 e. The van der Waals surface area contributed by atoms with E-state index in [2.05, 4.69) is 15.5 Å². The number of hydrogen-bond acceptors (Lipinski definition) is 3. The molecule has 0 bridgehead atoms. The van der Waals surface area contributed by atoms with Gasteiger partial charge in [-0.1, -0.05) is 29.8 Å². The molecule has 0 saturated heterocycles. The molecule has 2 heterocycles. The number of anilines is 1. The molecule has 1 aromatic carbocycles. The molecule has 25 heavy (non-hydrogen) atoms. The zero-order valence-corrected chi connectivity index (χ0v) is 14.6. The summed E-state index contributed by atoms with van der Waals surface area (Å²) in [6.45, 7) is 4.59. The molecule has 6 nitrogen and oxygen atoms in total. The van der Waals surface area contributed by atoms with Crippen molar-refractivity contribution in [1.29, 1.82) is 0 Å². The normalized spacial score (nSPS) is 10.9. The third-order valence-corrected chi connectivity index (χ3v) is 4.03. The molecule has 1 amide bonds. The van der Waals surface area contributed by atoms with E-state index in [9.17, 15) is 9.18 Å². The average Bonchev–Trinajstić information content (AvgIpc) is 3.12. The molecule has 0 spiro atoms. The van der Waals surface area contributed by atoms with Crippen LogP contribution >= 0.6 is 11.6 Å². The molecule has 0 unspecified atom stereocenters. The van der Waals surface area contributed by atoms with E-state index in [1.165, 1.54) is 10.7 Å². The third-order valence-electron chi connectivity index (χ3n) is 3.75. The lowest BCUT2D eigenvalue weighted by atomic mass is 10.2. The molecule has 130 valence electrons. The van der Waals surface area contributed by atoms with Crippen molar-refractivity contribution in [2.75, 3.05) is 5.32 Å². The number of carbonyl (C=O) groups is 1. The predicted octanol–water partition coefficient (Wildman–Crippen LogP) is 3.50. The minimum absolute atomic E-state index is 0.217. The zero-order valence-electron chi connectivity index (χ0n) is 13.8. The van der Waals surface area contributed by atoms with E-state index in [-0.39, 0.29) is 29.1 Å². The van der Waals surface area contributed by atoms with Gasteiger partial charge in [-0.15, -0.1) is 0 Å². The first-order chi connectivity index (χ1) is 12.0. The number of amides is 1. The standard InChI is InChI=1S/C17H17ClFN5O/c1-3-23-9-13(11(2)21-23)17(25)20-16-14(18)10-24(22-16)8-12-6-4-5-7-15(12)19/h4-7,9-10H,3,8H2,1-2H3,(H,20,22,25). The summed E-state index contributed by atoms with van der Waals surface area (Å²) >= 11 is 6.14. The molecular formula is C17H17ClFN5O. The van der Waals surface area contributed by atoms with Crippen LogP contribution in [0.2, 0.25) is 5.02 Å². The van der Waals surface area contributed by atoms with Gasteiger partial charge in [-0.05, 0) is 19.9 Å². The van der Waals surface area contributed by atoms with Gasteiger partial charge in [-0.2, -0.15) is 10.2 Å². The lowest BCUT2D eigenvalue weighted by Crippen LogP contribution is -2.13. The first-order valence-corrected chi connectivity index (χ1v) is 8.17. The number of hydrogen-bond donors (Lipinski definition) is 1. The fourth-order valence-electron chi connectivity index (χ4n) is 2.44. The molecule has 0 radical (unpaired) electrons. The topological polar surface area (TPSA) is 64.7 Å². The maximum absolute atomic E-state index is 13.7. The molecule has 2 aromatic heterocycles. The average molecular weight is 362 g/mol. The Morgan fingerprint density at radius 3 is 2.68 bits per heavy atom. The monoisotopic (exact) mass is 361 g/mol. The predicted molar refractivity (Wildman–Crippen MR) is 93.3 cm³/mol. The van der Waals surface area contributed by atoms with Crippen molar-refractivity contribution < 1.29 is 9.18 Å². The van der Waals surface area contributed by atoms with Crippen LogP contribution in [-0.4, -0.2) is 25.5 Å². The van der Waals surface area contributed by atoms with Crippen LogP contribution in [0.15, 0.2) is 36.7 Å². The Morgan fingerprint density at radius 1 is 1.24 bits per heavy atom. The van der Waals surface area contributed by atoms with Crippen LogP contribution in [0.25, 0.3) is 0 Å². The van der Waals surface area contributed by atoms with Crippen LogP contribution in [-0.2, 0) is 13.1 Å². The minimum Gasteiger partial charge on any atom is -0.304 e. The summed E-state index contributed by atoms with van der Waals surface area (Å²) in [5, 5.41) is 11.4. The van der Waals surface area contributed by atoms with E-state index in [0.717, 1.165) is 0 Å². The highest BCUT2D eigenvalue weighted by Crippen LogP contribution is 2.21. The molecule has 3 aromatic rings. The van der Waals surface area contributed by atoms with E-state index >= 15 is 0 Å². The summed E-state index contributed by atoms with van der Waals surface area (Å²) < 4.78 is 16.9. The zero-order chi connectivity index (χ0) is 18.0. The van der Waals surface area contributed by atoms with E-state index in [4.69, 9.17) is 11.6 Å². The lowest BCUT2D eigenvalue weighted by molar-refractivity contribution is 0.102. The van der Waals surface area contributed by atoms with Crippen molar-refractivity contribution in [3.8, 4) is 0 Å². The van der Waals surface area contributed by atoms with Gasteiger partial charge in [-0.25, -0.2) is 4.39 Å². The highest BCUT2D eigenvalue weighted by atomic mass is 35.5. The van der Waals surface area contributed by atoms with E-state index in [0.29, 0.717) is 23.4 Å². The summed E-state index contributed by atoms with van der Waals surface area (Å²) in [4.78, 5) is 12.4. The molecule has 1 N–H and O–H groups in total. The molecular weight excluding hydrogens is 345 g/mol. The Bertz CT molecular complexity index is 918. The maximum atomic E-state index is 13.7. The van der Waals surface area contributed by atoms with Gasteiger partial charge in [0.1, 0.15) is 10.8 Å². The van der Waals surface area contributed by atoms with Gasteiger partial charge in [0.25, 0.3) is 5.91 Å². The van der Waals surface area contributed by atoms with Crippen LogP contribution in [0.3, 0.4) is 0 Å². The number of nitrogens with one attached hydrogen (secondary N) is 1. The van der Waals surface area contributed by atoms with Gasteiger partial charge in [-0.3, -0.25) is 14.2 Å². The first kappa shape index (κ1) is 17.2. The Hall–Kier alpha value is -2.67. The van der Waals surface area contributed by atoms with Gasteiger partial charge in [0.15, 0.2) is 5.82 Å². The Morgan fingerprint density at radius 2 is 2.00 bits per heavy atom. The van der Waals surface area contributed by atoms with Crippen LogP contribution in [0, 0.1) is 12.7 Å². The van der Waals surface area contributed by atoms with Crippen LogP contribution in [0.1, 0.15) is 28.5 Å². The fourth-order valence-corrected chi connectivity index (χ4v) is 2.64. The van der Waals surface area contributed by atoms with Crippen LogP contribution in [0.4, 0.5) is 10.2 Å². The van der Waals surface area contributed by atoms with E-state index in [1.807, 2.05) is 6.92 Å². The van der Waals surface area contributed by atoms with E-state index < -0.39 is 0 Å². The summed E-state index contributed by atoms with van der Waals surface area (Å²) in [7, 11) is 0. The van der Waals surface area contributed by atoms with Gasteiger partial charge >= 0.3 is 0 Å². The SMILES string of the molecule is CCn1cc(C(=O)Nc2nn(Cc3ccccc3F)cc2Cl)c(C)n1. The quantitative estimate of drug-likeness (QED) is 0.756. The number of nitrogens with zero attached hydrogens (tertiary/aromatic N) is 4. The summed E-state index contributed by atoms with van der Waals surface area (Å²) in [5.74, 6) is -0.427. The molecule has 0 aliphatic rings. The van der Waals surface area contributed by atoms with Gasteiger partial charge < -0.3 is 5.32 Å². The number of benzene rings is 1. The van der Waals surface area contributed by atoms with Crippen LogP contribution < -0.4 is 5.32 Å². The maximum Gasteiger partial charge on any atom is 0.260 e. The lowest BCUT2D eigenvalue weighted by Gasteiger charge is -2.03. The highest BCUT2D eigenvalue weighted by molar-refractivity contribution is 6.33. The van der Waals surface area contributed by atoms with Crippen molar-refractivity contribution in [2.24, 2.45) is 0 Å². The summed E-state index contributed by atoms with van der Waals surface area (Å²) in [5.41, 5.74) is 1.57. The van der Waals surface area contributed by atoms with Gasteiger partial charge in [0.2, 0.25) is 0 Å². The molecule has 0 fully saturated rings. The number of aryl methyl sites for hydroxylation is 2. The Balaban J connectivity index is 1.77. The fraction of sp³-hybridized carbons (Fsp3) is 0.235. The van der Waals surface area contributed by atoms with Gasteiger partial charge in [0, 0.05) is 24.5 Å². The number of aromatic nitrogens is 4. The van der Waals surface area contributed by atoms with Crippen molar-refractivity contribution in [3.05, 3.63) is 64.3 Å². The largest absolute Gasteiger partial charge is 0.304 e. The molecule has 0 atom stereocenters. The van der Waals surface area contributed by atoms with Crippen molar-refractivity contribution >= 4 is 23.3 Å². The van der Waals surface area contributed by atoms with E-state index in [1.54, 1.807) is 42.2 Å². The molecule has 0 saturated carbocycles. The molecule has 0 aliphatic carbocycles. The number of halogens is 2. The summed E-state index contributed by atoms with van der Waals surface area (Å²) in [6, 6.07) is 6.43. The van der Waals surface area contributed by atoms with Gasteiger partial charge in [0.05, 0.1) is 17.8 Å². The van der Waals surface area contributed by atoms with Crippen molar-refractivity contribution in [3.63, 3.8) is 0 Å². The Labute approximate surface area is 149 Å². The molecule has 8 heteroatoms. The van der Waals surface area contributed by atoms with Crippen molar-refractivity contribution in [2.45, 2.75) is 26.9 Å². The number of rotatable bonds is 5. The highest BCUT2D eigenvalue weighted by Gasteiger charge is 2.17. The number of carbonyl (C=O) groups excluding carboxylic acids is 1.